The van der Waals surface area contributed by atoms with Crippen LogP contribution in [0.2, 0.25) is 0 Å². The topological polar surface area (TPSA) is 83.3 Å². The van der Waals surface area contributed by atoms with E-state index in [1.165, 1.54) is 4.90 Å². The summed E-state index contributed by atoms with van der Waals surface area (Å²) in [5.74, 6) is 0.439. The van der Waals surface area contributed by atoms with Crippen molar-refractivity contribution >= 4 is 11.9 Å². The maximum Gasteiger partial charge on any atom is 0.316 e. The van der Waals surface area contributed by atoms with Gasteiger partial charge in [0, 0.05) is 19.6 Å². The maximum atomic E-state index is 11.7. The predicted octanol–water partition coefficient (Wildman–Crippen LogP) is 0.846. The third-order valence-corrected chi connectivity index (χ3v) is 2.39. The first-order valence-electron chi connectivity index (χ1n) is 6.24. The van der Waals surface area contributed by atoms with Gasteiger partial charge in [-0.25, -0.2) is 0 Å². The second kappa shape index (κ2) is 6.01. The molecule has 1 aromatic rings. The number of nitrogens with zero attached hydrogens (tertiary/aromatic N) is 3. The second-order valence-corrected chi connectivity index (χ2v) is 5.70. The van der Waals surface area contributed by atoms with E-state index in [1.54, 1.807) is 21.0 Å². The molecule has 0 aliphatic carbocycles. The Morgan fingerprint density at radius 1 is 1.37 bits per heavy atom. The van der Waals surface area contributed by atoms with Crippen LogP contribution in [0.4, 0.5) is 6.01 Å². The molecule has 7 heteroatoms. The Morgan fingerprint density at radius 3 is 2.53 bits per heavy atom. The first-order chi connectivity index (χ1) is 8.69. The highest BCUT2D eigenvalue weighted by molar-refractivity contribution is 5.83. The number of hydrogen-bond donors (Lipinski definition) is 2. The van der Waals surface area contributed by atoms with Gasteiger partial charge in [-0.2, -0.15) is 0 Å². The first kappa shape index (κ1) is 15.4. The minimum atomic E-state index is -0.404. The molecule has 0 aliphatic rings. The third kappa shape index (κ3) is 5.25. The molecule has 0 bridgehead atoms. The van der Waals surface area contributed by atoms with Gasteiger partial charge >= 0.3 is 6.01 Å². The molecule has 0 fully saturated rings. The Bertz CT molecular complexity index is 422. The monoisotopic (exact) mass is 269 g/mol. The van der Waals surface area contributed by atoms with E-state index in [2.05, 4.69) is 41.6 Å². The Hall–Kier alpha value is -1.63. The standard InChI is InChI=1S/C12H23N5O2/c1-8(10(18)17(5)6)14-11-16-15-9(19-11)7-13-12(2,3)4/h8,13H,7H2,1-6H3,(H,14,16). The van der Waals surface area contributed by atoms with E-state index in [1.807, 2.05) is 0 Å². The molecular formula is C12H23N5O2. The van der Waals surface area contributed by atoms with Gasteiger partial charge < -0.3 is 20.0 Å². The summed E-state index contributed by atoms with van der Waals surface area (Å²) < 4.78 is 5.41. The highest BCUT2D eigenvalue weighted by atomic mass is 16.4. The molecule has 0 radical (unpaired) electrons. The van der Waals surface area contributed by atoms with Gasteiger partial charge in [-0.3, -0.25) is 4.79 Å². The third-order valence-electron chi connectivity index (χ3n) is 2.39. The van der Waals surface area contributed by atoms with Crippen LogP contribution >= 0.6 is 0 Å². The van der Waals surface area contributed by atoms with Crippen molar-refractivity contribution in [2.75, 3.05) is 19.4 Å². The molecular weight excluding hydrogens is 246 g/mol. The molecule has 2 N–H and O–H groups in total. The fourth-order valence-corrected chi connectivity index (χ4v) is 1.36. The number of hydrogen-bond acceptors (Lipinski definition) is 6. The summed E-state index contributed by atoms with van der Waals surface area (Å²) in [6.07, 6.45) is 0. The number of aromatic nitrogens is 2. The van der Waals surface area contributed by atoms with E-state index < -0.39 is 6.04 Å². The molecule has 108 valence electrons. The van der Waals surface area contributed by atoms with Crippen molar-refractivity contribution < 1.29 is 9.21 Å². The van der Waals surface area contributed by atoms with Crippen LogP contribution in [0, 0.1) is 0 Å². The van der Waals surface area contributed by atoms with Crippen molar-refractivity contribution in [2.45, 2.75) is 45.8 Å². The van der Waals surface area contributed by atoms with Crippen molar-refractivity contribution in [2.24, 2.45) is 0 Å². The lowest BCUT2D eigenvalue weighted by atomic mass is 10.1. The maximum absolute atomic E-state index is 11.7. The van der Waals surface area contributed by atoms with Crippen LogP contribution in [0.15, 0.2) is 4.42 Å². The number of amides is 1. The zero-order valence-corrected chi connectivity index (χ0v) is 12.4. The average molecular weight is 269 g/mol. The minimum absolute atomic E-state index is 0.0176. The molecule has 1 amide bonds. The number of nitrogens with one attached hydrogen (secondary N) is 2. The Kier molecular flexibility index (Phi) is 4.88. The summed E-state index contributed by atoms with van der Waals surface area (Å²) in [4.78, 5) is 13.2. The van der Waals surface area contributed by atoms with Crippen molar-refractivity contribution in [3.63, 3.8) is 0 Å². The van der Waals surface area contributed by atoms with Crippen LogP contribution in [-0.4, -0.2) is 46.7 Å². The summed E-state index contributed by atoms with van der Waals surface area (Å²) in [6, 6.07) is -0.146. The smallest absolute Gasteiger partial charge is 0.316 e. The summed E-state index contributed by atoms with van der Waals surface area (Å²) in [7, 11) is 3.40. The van der Waals surface area contributed by atoms with Gasteiger partial charge in [0.2, 0.25) is 11.8 Å². The van der Waals surface area contributed by atoms with Crippen molar-refractivity contribution in [3.8, 4) is 0 Å². The fourth-order valence-electron chi connectivity index (χ4n) is 1.36. The van der Waals surface area contributed by atoms with E-state index in [0.29, 0.717) is 12.4 Å². The van der Waals surface area contributed by atoms with E-state index in [9.17, 15) is 4.79 Å². The molecule has 0 spiro atoms. The second-order valence-electron chi connectivity index (χ2n) is 5.70. The van der Waals surface area contributed by atoms with Crippen LogP contribution in [0.25, 0.3) is 0 Å². The van der Waals surface area contributed by atoms with Crippen LogP contribution in [0.1, 0.15) is 33.6 Å². The molecule has 1 atom stereocenters. The van der Waals surface area contributed by atoms with Gasteiger partial charge in [0.05, 0.1) is 6.54 Å². The number of carbonyl (C=O) groups excluding carboxylic acids is 1. The number of carbonyl (C=O) groups is 1. The molecule has 0 aliphatic heterocycles. The Labute approximate surface area is 113 Å². The van der Waals surface area contributed by atoms with Gasteiger partial charge in [-0.15, -0.1) is 5.10 Å². The van der Waals surface area contributed by atoms with E-state index in [4.69, 9.17) is 4.42 Å². The summed E-state index contributed by atoms with van der Waals surface area (Å²) in [5.41, 5.74) is -0.0176. The zero-order valence-electron chi connectivity index (χ0n) is 12.4. The van der Waals surface area contributed by atoms with Gasteiger partial charge in [0.1, 0.15) is 6.04 Å². The molecule has 1 heterocycles. The van der Waals surface area contributed by atoms with Gasteiger partial charge in [-0.1, -0.05) is 5.10 Å². The Morgan fingerprint density at radius 2 is 2.00 bits per heavy atom. The van der Waals surface area contributed by atoms with Gasteiger partial charge in [0.15, 0.2) is 0 Å². The zero-order chi connectivity index (χ0) is 14.6. The predicted molar refractivity (Wildman–Crippen MR) is 72.7 cm³/mol. The van der Waals surface area contributed by atoms with Crippen molar-refractivity contribution in [3.05, 3.63) is 5.89 Å². The van der Waals surface area contributed by atoms with Gasteiger partial charge in [-0.05, 0) is 27.7 Å². The normalized spacial score (nSPS) is 13.2. The molecule has 0 saturated carbocycles. The lowest BCUT2D eigenvalue weighted by Crippen LogP contribution is -2.36. The van der Waals surface area contributed by atoms with Crippen LogP contribution < -0.4 is 10.6 Å². The number of rotatable bonds is 5. The molecule has 0 saturated heterocycles. The lowest BCUT2D eigenvalue weighted by Gasteiger charge is -2.18. The molecule has 1 aromatic heterocycles. The minimum Gasteiger partial charge on any atom is -0.407 e. The molecule has 0 aromatic carbocycles. The highest BCUT2D eigenvalue weighted by Crippen LogP contribution is 2.09. The lowest BCUT2D eigenvalue weighted by molar-refractivity contribution is -0.129. The average Bonchev–Trinajstić information content (AvgIpc) is 2.72. The van der Waals surface area contributed by atoms with Crippen LogP contribution in [-0.2, 0) is 11.3 Å². The SMILES string of the molecule is CC(Nc1nnc(CNC(C)(C)C)o1)C(=O)N(C)C. The van der Waals surface area contributed by atoms with Crippen LogP contribution in [0.3, 0.4) is 0 Å². The Balaban J connectivity index is 2.53. The fraction of sp³-hybridized carbons (Fsp3) is 0.750. The quantitative estimate of drug-likeness (QED) is 0.824. The number of likely N-dealkylation sites (N-methyl/N-ethyl adjacent to an activating group) is 1. The van der Waals surface area contributed by atoms with Gasteiger partial charge in [0.25, 0.3) is 0 Å². The van der Waals surface area contributed by atoms with E-state index >= 15 is 0 Å². The highest BCUT2D eigenvalue weighted by Gasteiger charge is 2.18. The van der Waals surface area contributed by atoms with Crippen molar-refractivity contribution in [1.82, 2.24) is 20.4 Å². The largest absolute Gasteiger partial charge is 0.407 e. The summed E-state index contributed by atoms with van der Waals surface area (Å²) in [6.45, 7) is 8.41. The van der Waals surface area contributed by atoms with E-state index in [0.717, 1.165) is 0 Å². The van der Waals surface area contributed by atoms with E-state index in [-0.39, 0.29) is 17.5 Å². The summed E-state index contributed by atoms with van der Waals surface area (Å²) in [5, 5.41) is 13.9. The van der Waals surface area contributed by atoms with Crippen molar-refractivity contribution in [1.29, 1.82) is 0 Å². The number of anilines is 1. The summed E-state index contributed by atoms with van der Waals surface area (Å²) >= 11 is 0. The molecule has 7 nitrogen and oxygen atoms in total. The van der Waals surface area contributed by atoms with Crippen LogP contribution in [0.5, 0.6) is 0 Å². The first-order valence-corrected chi connectivity index (χ1v) is 6.24. The molecule has 19 heavy (non-hydrogen) atoms. The molecule has 1 unspecified atom stereocenters. The molecule has 1 rings (SSSR count).